The van der Waals surface area contributed by atoms with Gasteiger partial charge in [-0.1, -0.05) is 59.7 Å². The van der Waals surface area contributed by atoms with Gasteiger partial charge in [0, 0.05) is 80.5 Å². The van der Waals surface area contributed by atoms with Crippen molar-refractivity contribution in [3.05, 3.63) is 47.5 Å². The summed E-state index contributed by atoms with van der Waals surface area (Å²) in [6.07, 6.45) is 1.69. The van der Waals surface area contributed by atoms with E-state index in [-0.39, 0.29) is 53.7 Å². The van der Waals surface area contributed by atoms with Gasteiger partial charge in [0.05, 0.1) is 19.8 Å². The number of hydroxylamine groups is 2. The molecule has 3 saturated carbocycles. The number of carbonyl (C=O) groups excluding carboxylic acids is 3. The highest BCUT2D eigenvalue weighted by Crippen LogP contribution is 2.61. The van der Waals surface area contributed by atoms with Crippen LogP contribution in [0.4, 0.5) is 5.69 Å². The first kappa shape index (κ1) is 48.3. The second-order valence-electron chi connectivity index (χ2n) is 20.8. The van der Waals surface area contributed by atoms with Crippen molar-refractivity contribution >= 4 is 23.4 Å². The van der Waals surface area contributed by atoms with E-state index in [1.54, 1.807) is 19.1 Å². The number of amides is 3. The lowest BCUT2D eigenvalue weighted by Gasteiger charge is -2.62. The molecule has 13 nitrogen and oxygen atoms in total. The first-order valence-electron chi connectivity index (χ1n) is 22.3. The molecule has 2 aromatic carbocycles. The van der Waals surface area contributed by atoms with Gasteiger partial charge in [-0.3, -0.25) is 19.2 Å². The third-order valence-electron chi connectivity index (χ3n) is 13.6. The molecule has 0 spiro atoms. The van der Waals surface area contributed by atoms with Gasteiger partial charge in [-0.25, -0.2) is 0 Å². The average molecular weight is 848 g/mol. The number of anilines is 1. The topological polar surface area (TPSA) is 139 Å². The van der Waals surface area contributed by atoms with Crippen LogP contribution in [-0.4, -0.2) is 137 Å². The largest absolute Gasteiger partial charge is 0.496 e. The molecule has 4 N–H and O–H groups in total. The molecule has 1 saturated heterocycles. The number of para-hydroxylation sites is 1. The van der Waals surface area contributed by atoms with Crippen molar-refractivity contribution in [3.8, 4) is 16.9 Å². The Morgan fingerprint density at radius 1 is 1.03 bits per heavy atom. The van der Waals surface area contributed by atoms with Gasteiger partial charge in [-0.05, 0) is 107 Å². The molecule has 0 aromatic heterocycles. The number of rotatable bonds is 18. The van der Waals surface area contributed by atoms with Crippen molar-refractivity contribution in [1.29, 1.82) is 0 Å². The maximum Gasteiger partial charge on any atom is 0.251 e. The number of hydrogen-bond donors (Lipinski definition) is 4. The molecule has 2 bridgehead atoms. The van der Waals surface area contributed by atoms with Crippen LogP contribution in [0, 0.1) is 34.5 Å². The Balaban J connectivity index is 1.48. The fourth-order valence-electron chi connectivity index (χ4n) is 10.2. The van der Waals surface area contributed by atoms with E-state index >= 15 is 0 Å². The molecule has 4 aliphatic rings. The minimum Gasteiger partial charge on any atom is -0.496 e. The lowest BCUT2D eigenvalue weighted by molar-refractivity contribution is -0.177. The van der Waals surface area contributed by atoms with Crippen LogP contribution in [0.3, 0.4) is 0 Å². The number of likely N-dealkylation sites (N-methyl/N-ethyl adjacent to an activating group) is 1. The van der Waals surface area contributed by atoms with E-state index in [0.29, 0.717) is 42.0 Å². The molecular weight excluding hydrogens is 771 g/mol. The number of benzene rings is 2. The molecule has 9 atom stereocenters. The first-order chi connectivity index (χ1) is 28.5. The minimum atomic E-state index is -0.909. The number of nitrogens with zero attached hydrogens (tertiary/aromatic N) is 4. The number of methoxy groups -OCH3 is 1. The van der Waals surface area contributed by atoms with E-state index in [4.69, 9.17) is 9.57 Å². The molecule has 6 rings (SSSR count). The third kappa shape index (κ3) is 11.6. The minimum absolute atomic E-state index is 0.0189. The standard InChI is InChI=1S/C48H77N7O6/c1-29-38-23-34(48(38,6)7)24-39(29)51-46(59)43-42(30(2)56)40(26-49-41(57)18-19-52(8)9)61-55(43)27-31-16-15-17-37(44(31)60-14)32-20-33(22-36(21-32)54(12)13)45(58)50-35(28-53(10)11)25-47(3,4)5/h15-17,20-22,29-30,34-35,38-40,42-43,56H,18-19,23-28H2,1-14H3,(H,49,57)(H,50,58)(H,51,59)/t29-,30-,34+,35?,38-,39-,40-,42+,43-/m0/s1. The molecular formula is C48H77N7O6. The smallest absolute Gasteiger partial charge is 0.251 e. The molecule has 2 aromatic rings. The van der Waals surface area contributed by atoms with Crippen molar-refractivity contribution in [2.45, 2.75) is 111 Å². The van der Waals surface area contributed by atoms with Gasteiger partial charge < -0.3 is 40.5 Å². The summed E-state index contributed by atoms with van der Waals surface area (Å²) in [6, 6.07) is 10.9. The molecule has 1 aliphatic heterocycles. The second kappa shape index (κ2) is 19.7. The second-order valence-corrected chi connectivity index (χ2v) is 20.8. The highest BCUT2D eigenvalue weighted by atomic mass is 16.7. The van der Waals surface area contributed by atoms with Gasteiger partial charge in [0.2, 0.25) is 11.8 Å². The van der Waals surface area contributed by atoms with Crippen LogP contribution in [0.1, 0.15) is 90.1 Å². The zero-order valence-electron chi connectivity index (χ0n) is 39.6. The van der Waals surface area contributed by atoms with Crippen LogP contribution in [0.5, 0.6) is 5.75 Å². The van der Waals surface area contributed by atoms with Gasteiger partial charge >= 0.3 is 0 Å². The van der Waals surface area contributed by atoms with Crippen molar-refractivity contribution in [2.75, 3.05) is 73.9 Å². The average Bonchev–Trinajstić information content (AvgIpc) is 3.53. The monoisotopic (exact) mass is 848 g/mol. The van der Waals surface area contributed by atoms with E-state index in [0.717, 1.165) is 41.8 Å². The lowest BCUT2D eigenvalue weighted by atomic mass is 9.45. The highest BCUT2D eigenvalue weighted by molar-refractivity contribution is 5.97. The van der Waals surface area contributed by atoms with Crippen LogP contribution in [0.25, 0.3) is 11.1 Å². The Labute approximate surface area is 366 Å². The number of hydrogen-bond acceptors (Lipinski definition) is 10. The van der Waals surface area contributed by atoms with Crippen LogP contribution in [0.15, 0.2) is 36.4 Å². The van der Waals surface area contributed by atoms with Gasteiger partial charge in [-0.15, -0.1) is 0 Å². The maximum absolute atomic E-state index is 14.7. The van der Waals surface area contributed by atoms with Crippen LogP contribution >= 0.6 is 0 Å². The SMILES string of the molecule is COc1c(CN2O[C@@H](CNC(=O)CCN(C)C)[C@@H]([C@H](C)O)[C@H]2C(=O)N[C@H]2C[C@H]3C[C@@H]([C@@H]2C)C3(C)C)cccc1-c1cc(C(=O)NC(CN(C)C)CC(C)(C)C)cc(N(C)C)c1. The quantitative estimate of drug-likeness (QED) is 0.157. The first-order valence-corrected chi connectivity index (χ1v) is 22.3. The number of fused-ring (bicyclic) bond motifs is 2. The normalized spacial score (nSPS) is 25.8. The molecule has 61 heavy (non-hydrogen) atoms. The summed E-state index contributed by atoms with van der Waals surface area (Å²) in [5, 5.41) is 22.8. The van der Waals surface area contributed by atoms with Crippen molar-refractivity contribution < 1.29 is 29.1 Å². The number of carbonyl (C=O) groups is 3. The van der Waals surface area contributed by atoms with E-state index in [1.807, 2.05) is 88.5 Å². The Morgan fingerprint density at radius 3 is 2.31 bits per heavy atom. The lowest BCUT2D eigenvalue weighted by Crippen LogP contribution is -2.62. The Morgan fingerprint density at radius 2 is 1.74 bits per heavy atom. The van der Waals surface area contributed by atoms with Gasteiger partial charge in [0.1, 0.15) is 17.9 Å². The van der Waals surface area contributed by atoms with E-state index in [9.17, 15) is 19.5 Å². The molecule has 4 fully saturated rings. The molecule has 340 valence electrons. The summed E-state index contributed by atoms with van der Waals surface area (Å²) < 4.78 is 6.19. The summed E-state index contributed by atoms with van der Waals surface area (Å²) in [7, 11) is 13.4. The summed E-state index contributed by atoms with van der Waals surface area (Å²) in [6.45, 7) is 16.8. The summed E-state index contributed by atoms with van der Waals surface area (Å²) in [5.41, 5.74) is 4.05. The van der Waals surface area contributed by atoms with Crippen molar-refractivity contribution in [1.82, 2.24) is 30.8 Å². The molecule has 1 heterocycles. The third-order valence-corrected chi connectivity index (χ3v) is 13.6. The summed E-state index contributed by atoms with van der Waals surface area (Å²) in [5.74, 6) is 0.917. The van der Waals surface area contributed by atoms with E-state index in [2.05, 4.69) is 62.4 Å². The fourth-order valence-corrected chi connectivity index (χ4v) is 10.2. The number of ether oxygens (including phenoxy) is 1. The maximum atomic E-state index is 14.7. The Hall–Kier alpha value is -3.75. The zero-order valence-corrected chi connectivity index (χ0v) is 39.6. The van der Waals surface area contributed by atoms with Crippen LogP contribution in [-0.2, 0) is 21.0 Å². The van der Waals surface area contributed by atoms with E-state index < -0.39 is 24.2 Å². The van der Waals surface area contributed by atoms with Gasteiger partial charge in [-0.2, -0.15) is 5.06 Å². The van der Waals surface area contributed by atoms with Crippen LogP contribution in [0.2, 0.25) is 0 Å². The van der Waals surface area contributed by atoms with Crippen molar-refractivity contribution in [2.24, 2.45) is 34.5 Å². The highest BCUT2D eigenvalue weighted by Gasteiger charge is 2.57. The predicted octanol–water partition coefficient (Wildman–Crippen LogP) is 5.26. The Bertz CT molecular complexity index is 1840. The van der Waals surface area contributed by atoms with Crippen LogP contribution < -0.4 is 25.6 Å². The van der Waals surface area contributed by atoms with Gasteiger partial charge in [0.25, 0.3) is 5.91 Å². The van der Waals surface area contributed by atoms with E-state index in [1.165, 1.54) is 6.42 Å². The number of nitrogens with one attached hydrogen (secondary N) is 3. The summed E-state index contributed by atoms with van der Waals surface area (Å²) in [4.78, 5) is 54.3. The molecule has 3 amide bonds. The fraction of sp³-hybridized carbons (Fsp3) is 0.688. The summed E-state index contributed by atoms with van der Waals surface area (Å²) >= 11 is 0. The molecule has 0 radical (unpaired) electrons. The number of aliphatic hydroxyl groups excluding tert-OH is 1. The predicted molar refractivity (Wildman–Crippen MR) is 243 cm³/mol. The van der Waals surface area contributed by atoms with Gasteiger partial charge in [0.15, 0.2) is 0 Å². The zero-order chi connectivity index (χ0) is 45.1. The molecule has 3 aliphatic carbocycles. The number of aliphatic hydroxyl groups is 1. The Kier molecular flexibility index (Phi) is 15.6. The van der Waals surface area contributed by atoms with Crippen molar-refractivity contribution in [3.63, 3.8) is 0 Å². The molecule has 13 heteroatoms. The molecule has 1 unspecified atom stereocenters.